The average Bonchev–Trinajstić information content (AvgIpc) is 2.79. The maximum Gasteiger partial charge on any atom is 0.131 e. The molecule has 0 spiro atoms. The van der Waals surface area contributed by atoms with Gasteiger partial charge in [-0.3, -0.25) is 4.79 Å². The van der Waals surface area contributed by atoms with Crippen LogP contribution in [-0.2, 0) is 17.8 Å². The molecule has 2 aromatic rings. The molecule has 108 valence electrons. The van der Waals surface area contributed by atoms with E-state index >= 15 is 0 Å². The van der Waals surface area contributed by atoms with E-state index in [0.717, 1.165) is 22.6 Å². The third kappa shape index (κ3) is 3.17. The van der Waals surface area contributed by atoms with E-state index in [9.17, 15) is 4.79 Å². The first-order valence-corrected chi connectivity index (χ1v) is 6.79. The van der Waals surface area contributed by atoms with Crippen molar-refractivity contribution < 1.29 is 14.6 Å². The van der Waals surface area contributed by atoms with Crippen molar-refractivity contribution in [2.24, 2.45) is 0 Å². The largest absolute Gasteiger partial charge is 0.497 e. The van der Waals surface area contributed by atoms with E-state index < -0.39 is 0 Å². The van der Waals surface area contributed by atoms with Crippen LogP contribution in [0.3, 0.4) is 0 Å². The zero-order chi connectivity index (χ0) is 14.5. The molecule has 0 aliphatic rings. The van der Waals surface area contributed by atoms with E-state index in [0.29, 0.717) is 25.8 Å². The van der Waals surface area contributed by atoms with E-state index in [2.05, 4.69) is 9.55 Å². The predicted octanol–water partition coefficient (Wildman–Crippen LogP) is 1.95. The number of rotatable bonds is 7. The minimum absolute atomic E-state index is 0.138. The number of nitrogens with zero attached hydrogens (tertiary/aromatic N) is 2. The van der Waals surface area contributed by atoms with Gasteiger partial charge in [0.25, 0.3) is 0 Å². The van der Waals surface area contributed by atoms with Gasteiger partial charge >= 0.3 is 0 Å². The summed E-state index contributed by atoms with van der Waals surface area (Å²) in [6, 6.07) is 5.75. The molecule has 0 aliphatic carbocycles. The van der Waals surface area contributed by atoms with Gasteiger partial charge < -0.3 is 14.4 Å². The van der Waals surface area contributed by atoms with Gasteiger partial charge in [0.05, 0.1) is 18.1 Å². The molecule has 0 saturated heterocycles. The Bertz CT molecular complexity index is 604. The van der Waals surface area contributed by atoms with Crippen molar-refractivity contribution in [3.05, 3.63) is 24.0 Å². The van der Waals surface area contributed by atoms with Gasteiger partial charge in [-0.2, -0.15) is 0 Å². The Balaban J connectivity index is 2.39. The average molecular weight is 276 g/mol. The fraction of sp³-hybridized carbons (Fsp3) is 0.467. The minimum Gasteiger partial charge on any atom is -0.497 e. The van der Waals surface area contributed by atoms with Crippen molar-refractivity contribution in [3.8, 4) is 5.75 Å². The van der Waals surface area contributed by atoms with Crippen LogP contribution in [-0.4, -0.2) is 34.2 Å². The van der Waals surface area contributed by atoms with Crippen molar-refractivity contribution in [2.45, 2.75) is 32.7 Å². The van der Waals surface area contributed by atoms with Crippen LogP contribution in [0.4, 0.5) is 0 Å². The van der Waals surface area contributed by atoms with Crippen LogP contribution in [0.1, 0.15) is 25.6 Å². The Kier molecular flexibility index (Phi) is 4.74. The summed E-state index contributed by atoms with van der Waals surface area (Å²) in [5, 5.41) is 8.98. The number of fused-ring (bicyclic) bond motifs is 1. The topological polar surface area (TPSA) is 64.3 Å². The number of ketones is 1. The molecule has 0 fully saturated rings. The third-order valence-corrected chi connectivity index (χ3v) is 3.28. The summed E-state index contributed by atoms with van der Waals surface area (Å²) in [4.78, 5) is 15.8. The lowest BCUT2D eigenvalue weighted by molar-refractivity contribution is -0.117. The lowest BCUT2D eigenvalue weighted by Gasteiger charge is -2.07. The highest BCUT2D eigenvalue weighted by Crippen LogP contribution is 2.22. The summed E-state index contributed by atoms with van der Waals surface area (Å²) in [5.41, 5.74) is 1.86. The highest BCUT2D eigenvalue weighted by atomic mass is 16.5. The molecule has 0 radical (unpaired) electrons. The van der Waals surface area contributed by atoms with Gasteiger partial charge in [0.1, 0.15) is 17.4 Å². The molecular weight excluding hydrogens is 256 g/mol. The highest BCUT2D eigenvalue weighted by Gasteiger charge is 2.11. The second kappa shape index (κ2) is 6.52. The quantitative estimate of drug-likeness (QED) is 0.839. The molecule has 20 heavy (non-hydrogen) atoms. The van der Waals surface area contributed by atoms with Gasteiger partial charge in [-0.1, -0.05) is 0 Å². The number of ether oxygens (including phenoxy) is 1. The normalized spacial score (nSPS) is 10.9. The molecule has 0 atom stereocenters. The van der Waals surface area contributed by atoms with Gasteiger partial charge in [0, 0.05) is 32.1 Å². The number of hydrogen-bond acceptors (Lipinski definition) is 4. The Morgan fingerprint density at radius 1 is 1.45 bits per heavy atom. The Labute approximate surface area is 118 Å². The maximum absolute atomic E-state index is 11.2. The third-order valence-electron chi connectivity index (χ3n) is 3.28. The van der Waals surface area contributed by atoms with Crippen LogP contribution in [0, 0.1) is 0 Å². The van der Waals surface area contributed by atoms with Gasteiger partial charge in [-0.25, -0.2) is 4.98 Å². The number of benzene rings is 1. The van der Waals surface area contributed by atoms with Gasteiger partial charge in [-0.15, -0.1) is 0 Å². The zero-order valence-corrected chi connectivity index (χ0v) is 11.9. The van der Waals surface area contributed by atoms with Crippen molar-refractivity contribution in [2.75, 3.05) is 13.7 Å². The smallest absolute Gasteiger partial charge is 0.131 e. The number of aryl methyl sites for hydroxylation is 2. The molecule has 0 amide bonds. The number of carbonyl (C=O) groups is 1. The van der Waals surface area contributed by atoms with Crippen LogP contribution >= 0.6 is 0 Å². The molecule has 1 aromatic heterocycles. The number of methoxy groups -OCH3 is 1. The van der Waals surface area contributed by atoms with Crippen molar-refractivity contribution in [1.29, 1.82) is 0 Å². The molecule has 0 saturated carbocycles. The van der Waals surface area contributed by atoms with Crippen LogP contribution in [0.5, 0.6) is 5.75 Å². The Morgan fingerprint density at radius 2 is 2.25 bits per heavy atom. The molecule has 5 heteroatoms. The molecular formula is C15H20N2O3. The molecule has 0 bridgehead atoms. The molecule has 1 heterocycles. The fourth-order valence-corrected chi connectivity index (χ4v) is 2.23. The SMILES string of the molecule is COc1ccc2c(c1)nc(CCCO)n2CCC(C)=O. The summed E-state index contributed by atoms with van der Waals surface area (Å²) in [7, 11) is 1.63. The number of aliphatic hydroxyl groups is 1. The fourth-order valence-electron chi connectivity index (χ4n) is 2.23. The number of carbonyl (C=O) groups excluding carboxylic acids is 1. The second-order valence-corrected chi connectivity index (χ2v) is 4.81. The lowest BCUT2D eigenvalue weighted by atomic mass is 10.2. The molecule has 0 aliphatic heterocycles. The summed E-state index contributed by atoms with van der Waals surface area (Å²) in [6.07, 6.45) is 1.86. The minimum atomic E-state index is 0.138. The van der Waals surface area contributed by atoms with Crippen molar-refractivity contribution in [1.82, 2.24) is 9.55 Å². The highest BCUT2D eigenvalue weighted by molar-refractivity contribution is 5.79. The van der Waals surface area contributed by atoms with Crippen LogP contribution in [0.25, 0.3) is 11.0 Å². The van der Waals surface area contributed by atoms with Crippen molar-refractivity contribution in [3.63, 3.8) is 0 Å². The summed E-state index contributed by atoms with van der Waals surface area (Å²) >= 11 is 0. The molecule has 1 N–H and O–H groups in total. The Morgan fingerprint density at radius 3 is 2.90 bits per heavy atom. The summed E-state index contributed by atoms with van der Waals surface area (Å²) in [5.74, 6) is 1.83. The molecule has 1 aromatic carbocycles. The van der Waals surface area contributed by atoms with Crippen molar-refractivity contribution >= 4 is 16.8 Å². The number of aliphatic hydroxyl groups excluding tert-OH is 1. The first-order valence-electron chi connectivity index (χ1n) is 6.79. The monoisotopic (exact) mass is 276 g/mol. The van der Waals surface area contributed by atoms with Gasteiger partial charge in [0.15, 0.2) is 0 Å². The van der Waals surface area contributed by atoms with E-state index in [1.54, 1.807) is 14.0 Å². The first kappa shape index (κ1) is 14.5. The molecule has 0 unspecified atom stereocenters. The van der Waals surface area contributed by atoms with E-state index in [1.165, 1.54) is 0 Å². The summed E-state index contributed by atoms with van der Waals surface area (Å²) in [6.45, 7) is 2.35. The van der Waals surface area contributed by atoms with E-state index in [4.69, 9.17) is 9.84 Å². The maximum atomic E-state index is 11.2. The van der Waals surface area contributed by atoms with Gasteiger partial charge in [-0.05, 0) is 25.5 Å². The first-order chi connectivity index (χ1) is 9.65. The molecule has 5 nitrogen and oxygen atoms in total. The number of aromatic nitrogens is 2. The Hall–Kier alpha value is -1.88. The van der Waals surface area contributed by atoms with E-state index in [-0.39, 0.29) is 12.4 Å². The lowest BCUT2D eigenvalue weighted by Crippen LogP contribution is -2.07. The predicted molar refractivity (Wildman–Crippen MR) is 77.0 cm³/mol. The summed E-state index contributed by atoms with van der Waals surface area (Å²) < 4.78 is 7.27. The van der Waals surface area contributed by atoms with Crippen LogP contribution < -0.4 is 4.74 Å². The van der Waals surface area contributed by atoms with Crippen LogP contribution in [0.2, 0.25) is 0 Å². The zero-order valence-electron chi connectivity index (χ0n) is 11.9. The standard InChI is InChI=1S/C15H20N2O3/c1-11(19)7-8-17-14-6-5-12(20-2)10-13(14)16-15(17)4-3-9-18/h5-6,10,18H,3-4,7-9H2,1-2H3. The number of hydrogen-bond donors (Lipinski definition) is 1. The number of imidazole rings is 1. The second-order valence-electron chi connectivity index (χ2n) is 4.81. The number of Topliss-reactive ketones (excluding diaryl/α,β-unsaturated/α-hetero) is 1. The van der Waals surface area contributed by atoms with E-state index in [1.807, 2.05) is 18.2 Å². The van der Waals surface area contributed by atoms with Crippen LogP contribution in [0.15, 0.2) is 18.2 Å². The van der Waals surface area contributed by atoms with Gasteiger partial charge in [0.2, 0.25) is 0 Å². The molecule has 2 rings (SSSR count).